The van der Waals surface area contributed by atoms with Gasteiger partial charge in [-0.25, -0.2) is 14.4 Å². The van der Waals surface area contributed by atoms with Gasteiger partial charge in [-0.3, -0.25) is 9.59 Å². The number of carbonyl (C=O) groups excluding carboxylic acids is 1. The smallest absolute Gasteiger partial charge is 0.377 e. The second-order valence-electron chi connectivity index (χ2n) is 10.4. The van der Waals surface area contributed by atoms with E-state index in [0.717, 1.165) is 10.5 Å². The number of ether oxygens (including phenoxy) is 3. The van der Waals surface area contributed by atoms with Crippen molar-refractivity contribution < 1.29 is 58.6 Å². The summed E-state index contributed by atoms with van der Waals surface area (Å²) in [6, 6.07) is 24.3. The second-order valence-corrected chi connectivity index (χ2v) is 10.4. The Morgan fingerprint density at radius 3 is 1.89 bits per heavy atom. The van der Waals surface area contributed by atoms with Crippen molar-refractivity contribution in [3.63, 3.8) is 0 Å². The molecule has 46 heavy (non-hydrogen) atoms. The fourth-order valence-electron chi connectivity index (χ4n) is 5.04. The van der Waals surface area contributed by atoms with Gasteiger partial charge < -0.3 is 39.5 Å². The molecule has 0 aromatic heterocycles. The van der Waals surface area contributed by atoms with E-state index in [0.29, 0.717) is 17.1 Å². The number of aliphatic carboxylic acids is 4. The van der Waals surface area contributed by atoms with Gasteiger partial charge in [0.25, 0.3) is 5.91 Å². The van der Waals surface area contributed by atoms with Crippen LogP contribution in [0, 0.1) is 0 Å². The standard InChI is InChI=1S/C33H31NO12/c1-20(34(19-26(35)36)29(37)27-28(30(38)39)46-33(45-27,31(40)41)32(42)43)25(14-8-11-21-9-4-2-5-10-21)22-15-17-24(18-16-22)44-23-12-6-3-7-13-23/h2-13,15-18,20,25,27-28H,14,19H2,1H3,(H,35,36)(H,38,39)(H,40,41)(H,42,43). The number of benzene rings is 3. The van der Waals surface area contributed by atoms with Gasteiger partial charge in [0.05, 0.1) is 0 Å². The molecule has 0 bridgehead atoms. The number of allylic oxidation sites excluding steroid dienone is 1. The number of hydrogen-bond donors (Lipinski definition) is 4. The molecule has 0 saturated carbocycles. The lowest BCUT2D eigenvalue weighted by Crippen LogP contribution is -2.53. The van der Waals surface area contributed by atoms with Gasteiger partial charge in [-0.2, -0.15) is 0 Å². The van der Waals surface area contributed by atoms with Crippen LogP contribution in [0.4, 0.5) is 0 Å². The predicted molar refractivity (Wildman–Crippen MR) is 160 cm³/mol. The Labute approximate surface area is 262 Å². The molecule has 4 rings (SSSR count). The van der Waals surface area contributed by atoms with E-state index >= 15 is 0 Å². The van der Waals surface area contributed by atoms with Crippen LogP contribution in [-0.2, 0) is 33.4 Å². The molecule has 1 amide bonds. The molecule has 1 saturated heterocycles. The van der Waals surface area contributed by atoms with E-state index in [-0.39, 0.29) is 6.42 Å². The van der Waals surface area contributed by atoms with Gasteiger partial charge in [0, 0.05) is 12.0 Å². The van der Waals surface area contributed by atoms with Crippen LogP contribution >= 0.6 is 0 Å². The number of carbonyl (C=O) groups is 5. The largest absolute Gasteiger partial charge is 0.480 e. The molecule has 1 aliphatic heterocycles. The first-order chi connectivity index (χ1) is 21.9. The molecule has 4 atom stereocenters. The molecule has 4 unspecified atom stereocenters. The van der Waals surface area contributed by atoms with Crippen molar-refractivity contribution in [3.05, 3.63) is 102 Å². The number of amides is 1. The zero-order valence-corrected chi connectivity index (χ0v) is 24.5. The van der Waals surface area contributed by atoms with Crippen LogP contribution in [0.1, 0.15) is 30.4 Å². The SMILES string of the molecule is CC(C(CC=Cc1ccccc1)c1ccc(Oc2ccccc2)cc1)N(CC(=O)O)C(=O)C1OC(C(=O)O)(C(=O)O)OC1C(=O)O. The van der Waals surface area contributed by atoms with Crippen LogP contribution in [0.2, 0.25) is 0 Å². The lowest BCUT2D eigenvalue weighted by Gasteiger charge is -2.35. The van der Waals surface area contributed by atoms with Gasteiger partial charge in [0.2, 0.25) is 0 Å². The number of nitrogens with zero attached hydrogens (tertiary/aromatic N) is 1. The van der Waals surface area contributed by atoms with Crippen LogP contribution in [-0.4, -0.2) is 85.7 Å². The van der Waals surface area contributed by atoms with E-state index in [1.54, 1.807) is 43.3 Å². The van der Waals surface area contributed by atoms with Gasteiger partial charge in [-0.15, -0.1) is 0 Å². The number of carboxylic acid groups (broad SMARTS) is 4. The summed E-state index contributed by atoms with van der Waals surface area (Å²) in [6.07, 6.45) is -0.679. The van der Waals surface area contributed by atoms with E-state index in [4.69, 9.17) is 14.2 Å². The summed E-state index contributed by atoms with van der Waals surface area (Å²) in [5, 5.41) is 38.4. The van der Waals surface area contributed by atoms with E-state index in [1.807, 2.05) is 60.7 Å². The molecule has 3 aromatic carbocycles. The van der Waals surface area contributed by atoms with Gasteiger partial charge in [-0.05, 0) is 48.7 Å². The minimum Gasteiger partial charge on any atom is -0.480 e. The Morgan fingerprint density at radius 1 is 0.804 bits per heavy atom. The lowest BCUT2D eigenvalue weighted by atomic mass is 9.87. The predicted octanol–water partition coefficient (Wildman–Crippen LogP) is 3.70. The quantitative estimate of drug-likeness (QED) is 0.188. The minimum absolute atomic E-state index is 0.275. The molecule has 0 radical (unpaired) electrons. The molecule has 240 valence electrons. The van der Waals surface area contributed by atoms with Crippen molar-refractivity contribution in [2.24, 2.45) is 0 Å². The summed E-state index contributed by atoms with van der Waals surface area (Å²) in [7, 11) is 0. The van der Waals surface area contributed by atoms with Crippen molar-refractivity contribution in [2.45, 2.75) is 43.3 Å². The summed E-state index contributed by atoms with van der Waals surface area (Å²) < 4.78 is 15.7. The molecule has 4 N–H and O–H groups in total. The minimum atomic E-state index is -3.49. The fourth-order valence-corrected chi connectivity index (χ4v) is 5.04. The molecule has 13 nitrogen and oxygen atoms in total. The van der Waals surface area contributed by atoms with E-state index in [9.17, 15) is 44.4 Å². The van der Waals surface area contributed by atoms with Gasteiger partial charge in [0.1, 0.15) is 18.0 Å². The summed E-state index contributed by atoms with van der Waals surface area (Å²) in [6.45, 7) is 0.608. The van der Waals surface area contributed by atoms with Crippen molar-refractivity contribution in [1.82, 2.24) is 4.90 Å². The van der Waals surface area contributed by atoms with Crippen LogP contribution in [0.3, 0.4) is 0 Å². The second kappa shape index (κ2) is 14.5. The monoisotopic (exact) mass is 633 g/mol. The first-order valence-electron chi connectivity index (χ1n) is 14.0. The molecule has 1 heterocycles. The number of hydrogen-bond acceptors (Lipinski definition) is 8. The molecule has 13 heteroatoms. The molecule has 3 aromatic rings. The summed E-state index contributed by atoms with van der Waals surface area (Å²) in [4.78, 5) is 62.2. The third-order valence-electron chi connectivity index (χ3n) is 7.36. The van der Waals surface area contributed by atoms with Crippen LogP contribution in [0.25, 0.3) is 6.08 Å². The summed E-state index contributed by atoms with van der Waals surface area (Å²) in [5.41, 5.74) is 1.55. The maximum Gasteiger partial charge on any atom is 0.377 e. The van der Waals surface area contributed by atoms with Crippen molar-refractivity contribution in [2.75, 3.05) is 6.54 Å². The average Bonchev–Trinajstić information content (AvgIpc) is 3.46. The Bertz CT molecular complexity index is 1580. The Morgan fingerprint density at radius 2 is 1.35 bits per heavy atom. The fraction of sp³-hybridized carbons (Fsp3) is 0.242. The first-order valence-corrected chi connectivity index (χ1v) is 14.0. The Balaban J connectivity index is 1.69. The average molecular weight is 634 g/mol. The van der Waals surface area contributed by atoms with E-state index < -0.39 is 66.3 Å². The third kappa shape index (κ3) is 7.57. The third-order valence-corrected chi connectivity index (χ3v) is 7.36. The van der Waals surface area contributed by atoms with E-state index in [2.05, 4.69) is 0 Å². The summed E-state index contributed by atoms with van der Waals surface area (Å²) >= 11 is 0. The van der Waals surface area contributed by atoms with Gasteiger partial charge in [0.15, 0.2) is 12.2 Å². The first kappa shape index (κ1) is 33.4. The number of carboxylic acids is 4. The van der Waals surface area contributed by atoms with Crippen LogP contribution < -0.4 is 4.74 Å². The lowest BCUT2D eigenvalue weighted by molar-refractivity contribution is -0.221. The maximum absolute atomic E-state index is 13.8. The molecular formula is C33H31NO12. The van der Waals surface area contributed by atoms with Crippen molar-refractivity contribution >= 4 is 35.9 Å². The van der Waals surface area contributed by atoms with E-state index in [1.165, 1.54) is 0 Å². The molecular weight excluding hydrogens is 602 g/mol. The highest BCUT2D eigenvalue weighted by atomic mass is 16.8. The highest BCUT2D eigenvalue weighted by Crippen LogP contribution is 2.35. The Kier molecular flexibility index (Phi) is 10.5. The van der Waals surface area contributed by atoms with Crippen molar-refractivity contribution in [3.8, 4) is 11.5 Å². The normalized spacial score (nSPS) is 18.4. The van der Waals surface area contributed by atoms with Gasteiger partial charge >= 0.3 is 29.7 Å². The zero-order chi connectivity index (χ0) is 33.4. The molecule has 1 aliphatic rings. The topological polar surface area (TPSA) is 197 Å². The molecule has 0 spiro atoms. The zero-order valence-electron chi connectivity index (χ0n) is 24.5. The Hall–Kier alpha value is -5.53. The summed E-state index contributed by atoms with van der Waals surface area (Å²) in [5.74, 6) is -12.0. The maximum atomic E-state index is 13.8. The van der Waals surface area contributed by atoms with Crippen molar-refractivity contribution in [1.29, 1.82) is 0 Å². The molecule has 0 aliphatic carbocycles. The highest BCUT2D eigenvalue weighted by molar-refractivity contribution is 6.02. The van der Waals surface area contributed by atoms with Crippen LogP contribution in [0.5, 0.6) is 11.5 Å². The number of para-hydroxylation sites is 1. The number of rotatable bonds is 14. The molecule has 1 fully saturated rings. The van der Waals surface area contributed by atoms with Gasteiger partial charge in [-0.1, -0.05) is 72.8 Å². The highest BCUT2D eigenvalue weighted by Gasteiger charge is 2.64. The van der Waals surface area contributed by atoms with Crippen LogP contribution in [0.15, 0.2) is 91.0 Å².